The van der Waals surface area contributed by atoms with Crippen molar-refractivity contribution in [3.63, 3.8) is 0 Å². The minimum atomic E-state index is -0.220. The summed E-state index contributed by atoms with van der Waals surface area (Å²) in [5, 5.41) is 10.4. The summed E-state index contributed by atoms with van der Waals surface area (Å²) in [7, 11) is 0. The number of hydrogen-bond acceptors (Lipinski definition) is 5. The fourth-order valence-electron chi connectivity index (χ4n) is 2.19. The van der Waals surface area contributed by atoms with Crippen LogP contribution in [0.2, 0.25) is 0 Å². The van der Waals surface area contributed by atoms with E-state index in [1.54, 1.807) is 0 Å². The molecule has 24 heavy (non-hydrogen) atoms. The van der Waals surface area contributed by atoms with Crippen LogP contribution in [0.3, 0.4) is 0 Å². The number of nitrogens with one attached hydrogen (secondary N) is 1. The van der Waals surface area contributed by atoms with Gasteiger partial charge in [-0.2, -0.15) is 0 Å². The summed E-state index contributed by atoms with van der Waals surface area (Å²) in [6, 6.07) is 16.9. The van der Waals surface area contributed by atoms with Gasteiger partial charge in [0, 0.05) is 5.56 Å². The van der Waals surface area contributed by atoms with E-state index in [4.69, 9.17) is 9.15 Å². The number of ether oxygens (including phenoxy) is 1. The van der Waals surface area contributed by atoms with Crippen molar-refractivity contribution in [2.75, 3.05) is 11.9 Å². The molecule has 6 nitrogen and oxygen atoms in total. The van der Waals surface area contributed by atoms with Crippen LogP contribution in [0.25, 0.3) is 11.5 Å². The number of aromatic nitrogens is 2. The lowest BCUT2D eigenvalue weighted by Crippen LogP contribution is -2.14. The zero-order chi connectivity index (χ0) is 16.8. The Hall–Kier alpha value is -3.15. The molecule has 2 aromatic carbocycles. The lowest BCUT2D eigenvalue weighted by Gasteiger charge is -2.04. The van der Waals surface area contributed by atoms with Crippen molar-refractivity contribution in [3.8, 4) is 17.2 Å². The molecule has 0 saturated heterocycles. The summed E-state index contributed by atoms with van der Waals surface area (Å²) in [6.07, 6.45) is 0.218. The molecular formula is C18H17N3O3. The summed E-state index contributed by atoms with van der Waals surface area (Å²) in [5.41, 5.74) is 1.68. The van der Waals surface area contributed by atoms with Crippen molar-refractivity contribution >= 4 is 11.9 Å². The fraction of sp³-hybridized carbons (Fsp3) is 0.167. The van der Waals surface area contributed by atoms with Crippen LogP contribution >= 0.6 is 0 Å². The molecule has 0 unspecified atom stereocenters. The molecule has 0 aliphatic rings. The van der Waals surface area contributed by atoms with E-state index >= 15 is 0 Å². The molecule has 0 fully saturated rings. The number of hydrogen-bond donors (Lipinski definition) is 1. The first-order chi connectivity index (χ1) is 11.7. The van der Waals surface area contributed by atoms with E-state index in [-0.39, 0.29) is 18.3 Å². The van der Waals surface area contributed by atoms with E-state index in [2.05, 4.69) is 15.5 Å². The highest BCUT2D eigenvalue weighted by Crippen LogP contribution is 2.19. The third-order valence-corrected chi connectivity index (χ3v) is 3.29. The Labute approximate surface area is 139 Å². The number of carbonyl (C=O) groups excluding carboxylic acids is 1. The maximum absolute atomic E-state index is 12.1. The van der Waals surface area contributed by atoms with E-state index in [1.165, 1.54) is 0 Å². The predicted octanol–water partition coefficient (Wildman–Crippen LogP) is 3.32. The molecular weight excluding hydrogens is 306 g/mol. The maximum atomic E-state index is 12.1. The molecule has 0 bridgehead atoms. The zero-order valence-corrected chi connectivity index (χ0v) is 13.2. The number of nitrogens with zero attached hydrogens (tertiary/aromatic N) is 2. The van der Waals surface area contributed by atoms with Gasteiger partial charge in [-0.3, -0.25) is 10.1 Å². The van der Waals surface area contributed by atoms with E-state index < -0.39 is 0 Å². The third kappa shape index (κ3) is 3.98. The Balaban J connectivity index is 1.60. The summed E-state index contributed by atoms with van der Waals surface area (Å²) in [6.45, 7) is 2.54. The molecule has 6 heteroatoms. The number of benzene rings is 2. The topological polar surface area (TPSA) is 77.2 Å². The van der Waals surface area contributed by atoms with Crippen molar-refractivity contribution in [1.29, 1.82) is 0 Å². The second kappa shape index (κ2) is 7.41. The van der Waals surface area contributed by atoms with E-state index in [1.807, 2.05) is 61.5 Å². The highest BCUT2D eigenvalue weighted by Gasteiger charge is 2.11. The van der Waals surface area contributed by atoms with Gasteiger partial charge in [-0.15, -0.1) is 5.10 Å². The highest BCUT2D eigenvalue weighted by molar-refractivity contribution is 5.90. The average molecular weight is 323 g/mol. The predicted molar refractivity (Wildman–Crippen MR) is 89.7 cm³/mol. The molecule has 0 aliphatic carbocycles. The van der Waals surface area contributed by atoms with Crippen LogP contribution < -0.4 is 10.1 Å². The van der Waals surface area contributed by atoms with Crippen molar-refractivity contribution in [2.24, 2.45) is 0 Å². The first kappa shape index (κ1) is 15.7. The fourth-order valence-corrected chi connectivity index (χ4v) is 2.19. The van der Waals surface area contributed by atoms with Gasteiger partial charge in [0.1, 0.15) is 5.75 Å². The summed E-state index contributed by atoms with van der Waals surface area (Å²) in [5.74, 6) is 0.931. The molecule has 1 amide bonds. The minimum absolute atomic E-state index is 0.0878. The van der Waals surface area contributed by atoms with Crippen LogP contribution in [0.5, 0.6) is 5.75 Å². The maximum Gasteiger partial charge on any atom is 0.322 e. The molecule has 0 saturated carbocycles. The van der Waals surface area contributed by atoms with Crippen molar-refractivity contribution in [3.05, 3.63) is 60.2 Å². The molecule has 0 radical (unpaired) electrons. The molecule has 1 N–H and O–H groups in total. The quantitative estimate of drug-likeness (QED) is 0.753. The van der Waals surface area contributed by atoms with Crippen LogP contribution in [-0.4, -0.2) is 22.7 Å². The molecule has 0 aliphatic heterocycles. The van der Waals surface area contributed by atoms with E-state index in [0.717, 1.165) is 16.9 Å². The Morgan fingerprint density at radius 2 is 1.83 bits per heavy atom. The lowest BCUT2D eigenvalue weighted by atomic mass is 10.1. The van der Waals surface area contributed by atoms with Gasteiger partial charge < -0.3 is 9.15 Å². The summed E-state index contributed by atoms with van der Waals surface area (Å²) in [4.78, 5) is 12.1. The second-order valence-corrected chi connectivity index (χ2v) is 5.08. The van der Waals surface area contributed by atoms with Gasteiger partial charge in [0.15, 0.2) is 0 Å². The summed E-state index contributed by atoms with van der Waals surface area (Å²) < 4.78 is 10.8. The standard InChI is InChI=1S/C18H17N3O3/c1-2-23-15-10-8-13(9-11-15)12-16(22)19-18-21-20-17(24-18)14-6-4-3-5-7-14/h3-11H,2,12H2,1H3,(H,19,21,22). The van der Waals surface area contributed by atoms with Gasteiger partial charge in [0.2, 0.25) is 11.8 Å². The molecule has 3 aromatic rings. The van der Waals surface area contributed by atoms with Gasteiger partial charge in [-0.25, -0.2) is 0 Å². The van der Waals surface area contributed by atoms with Crippen LogP contribution in [0.4, 0.5) is 6.01 Å². The monoisotopic (exact) mass is 323 g/mol. The van der Waals surface area contributed by atoms with Gasteiger partial charge >= 0.3 is 6.01 Å². The number of rotatable bonds is 6. The first-order valence-electron chi connectivity index (χ1n) is 7.65. The lowest BCUT2D eigenvalue weighted by molar-refractivity contribution is -0.115. The Bertz CT molecular complexity index is 798. The number of amides is 1. The molecule has 0 atom stereocenters. The second-order valence-electron chi connectivity index (χ2n) is 5.08. The minimum Gasteiger partial charge on any atom is -0.494 e. The zero-order valence-electron chi connectivity index (χ0n) is 13.2. The van der Waals surface area contributed by atoms with Crippen LogP contribution in [0.15, 0.2) is 59.0 Å². The molecule has 1 aromatic heterocycles. The van der Waals surface area contributed by atoms with Crippen LogP contribution in [-0.2, 0) is 11.2 Å². The Kier molecular flexibility index (Phi) is 4.86. The SMILES string of the molecule is CCOc1ccc(CC(=O)Nc2nnc(-c3ccccc3)o2)cc1. The third-order valence-electron chi connectivity index (χ3n) is 3.29. The molecule has 0 spiro atoms. The van der Waals surface area contributed by atoms with E-state index in [9.17, 15) is 4.79 Å². The summed E-state index contributed by atoms with van der Waals surface area (Å²) >= 11 is 0. The molecule has 122 valence electrons. The van der Waals surface area contributed by atoms with Crippen molar-refractivity contribution < 1.29 is 13.9 Å². The average Bonchev–Trinajstić information content (AvgIpc) is 3.06. The highest BCUT2D eigenvalue weighted by atomic mass is 16.5. The molecule has 1 heterocycles. The van der Waals surface area contributed by atoms with Gasteiger partial charge in [0.05, 0.1) is 13.0 Å². The Morgan fingerprint density at radius 3 is 2.54 bits per heavy atom. The molecule has 3 rings (SSSR count). The largest absolute Gasteiger partial charge is 0.494 e. The number of carbonyl (C=O) groups is 1. The van der Waals surface area contributed by atoms with Crippen molar-refractivity contribution in [2.45, 2.75) is 13.3 Å². The first-order valence-corrected chi connectivity index (χ1v) is 7.65. The van der Waals surface area contributed by atoms with Crippen molar-refractivity contribution in [1.82, 2.24) is 10.2 Å². The Morgan fingerprint density at radius 1 is 1.08 bits per heavy atom. The number of anilines is 1. The van der Waals surface area contributed by atoms with E-state index in [0.29, 0.717) is 12.5 Å². The smallest absolute Gasteiger partial charge is 0.322 e. The van der Waals surface area contributed by atoms with Gasteiger partial charge in [-0.05, 0) is 36.8 Å². The van der Waals surface area contributed by atoms with Crippen LogP contribution in [0.1, 0.15) is 12.5 Å². The van der Waals surface area contributed by atoms with Crippen LogP contribution in [0, 0.1) is 0 Å². The van der Waals surface area contributed by atoms with Gasteiger partial charge in [0.25, 0.3) is 0 Å². The normalized spacial score (nSPS) is 10.4. The van der Waals surface area contributed by atoms with Gasteiger partial charge in [-0.1, -0.05) is 35.4 Å².